The summed E-state index contributed by atoms with van der Waals surface area (Å²) in [7, 11) is 1.68. The van der Waals surface area contributed by atoms with E-state index < -0.39 is 0 Å². The summed E-state index contributed by atoms with van der Waals surface area (Å²) in [6.07, 6.45) is 0.961. The van der Waals surface area contributed by atoms with Crippen LogP contribution in [-0.4, -0.2) is 24.7 Å². The van der Waals surface area contributed by atoms with Gasteiger partial charge in [0.15, 0.2) is 0 Å². The van der Waals surface area contributed by atoms with Crippen molar-refractivity contribution in [2.75, 3.05) is 7.11 Å². The number of hydrogen-bond donors (Lipinski definition) is 0. The van der Waals surface area contributed by atoms with Crippen LogP contribution in [0.15, 0.2) is 18.2 Å². The molecule has 0 heterocycles. The molecule has 16 heavy (non-hydrogen) atoms. The van der Waals surface area contributed by atoms with E-state index in [0.29, 0.717) is 0 Å². The Bertz CT molecular complexity index is 378. The van der Waals surface area contributed by atoms with Gasteiger partial charge in [-0.2, -0.15) is 0 Å². The molecule has 1 aromatic carbocycles. The largest absolute Gasteiger partial charge is 0.487 e. The van der Waals surface area contributed by atoms with Crippen molar-refractivity contribution in [3.63, 3.8) is 0 Å². The molecule has 88 valence electrons. The maximum absolute atomic E-state index is 6.04. The third-order valence-electron chi connectivity index (χ3n) is 3.29. The normalized spacial score (nSPS) is 28.6. The van der Waals surface area contributed by atoms with Crippen LogP contribution in [0.25, 0.3) is 0 Å². The van der Waals surface area contributed by atoms with Crippen molar-refractivity contribution in [1.82, 2.24) is 0 Å². The predicted octanol–water partition coefficient (Wildman–Crippen LogP) is 3.08. The summed E-state index contributed by atoms with van der Waals surface area (Å²) in [6.45, 7) is 4.16. The Morgan fingerprint density at radius 3 is 2.69 bits per heavy atom. The molecule has 0 aliphatic heterocycles. The molecule has 3 heteroatoms. The molecule has 2 rings (SSSR count). The molecule has 1 fully saturated rings. The van der Waals surface area contributed by atoms with E-state index in [1.54, 1.807) is 7.11 Å². The van der Waals surface area contributed by atoms with Gasteiger partial charge in [-0.1, -0.05) is 12.1 Å². The zero-order valence-corrected chi connectivity index (χ0v) is 10.6. The lowest BCUT2D eigenvalue weighted by molar-refractivity contribution is -0.0586. The Hall–Kier alpha value is -0.730. The molecule has 0 saturated heterocycles. The summed E-state index contributed by atoms with van der Waals surface area (Å²) in [5, 5.41) is 0.0834. The van der Waals surface area contributed by atoms with Crippen LogP contribution in [-0.2, 0) is 4.74 Å². The number of alkyl halides is 1. The average molecular weight is 241 g/mol. The van der Waals surface area contributed by atoms with E-state index in [9.17, 15) is 0 Å². The van der Waals surface area contributed by atoms with E-state index in [1.807, 2.05) is 12.1 Å². The van der Waals surface area contributed by atoms with Gasteiger partial charge in [0, 0.05) is 13.5 Å². The van der Waals surface area contributed by atoms with Crippen molar-refractivity contribution in [3.05, 3.63) is 29.3 Å². The van der Waals surface area contributed by atoms with Crippen molar-refractivity contribution in [3.8, 4) is 5.75 Å². The highest BCUT2D eigenvalue weighted by atomic mass is 35.5. The van der Waals surface area contributed by atoms with Crippen LogP contribution in [0.1, 0.15) is 17.5 Å². The van der Waals surface area contributed by atoms with Crippen molar-refractivity contribution >= 4 is 11.6 Å². The molecule has 1 aliphatic rings. The van der Waals surface area contributed by atoms with Gasteiger partial charge in [-0.15, -0.1) is 11.6 Å². The van der Waals surface area contributed by atoms with Gasteiger partial charge in [-0.05, 0) is 31.0 Å². The van der Waals surface area contributed by atoms with Gasteiger partial charge in [-0.3, -0.25) is 0 Å². The molecule has 3 unspecified atom stereocenters. The van der Waals surface area contributed by atoms with Gasteiger partial charge < -0.3 is 9.47 Å². The van der Waals surface area contributed by atoms with Gasteiger partial charge in [0.1, 0.15) is 18.0 Å². The number of hydrogen-bond acceptors (Lipinski definition) is 2. The third-order valence-corrected chi connectivity index (χ3v) is 3.71. The Labute approximate surface area is 102 Å². The van der Waals surface area contributed by atoms with E-state index >= 15 is 0 Å². The number of ether oxygens (including phenoxy) is 2. The molecule has 0 amide bonds. The molecule has 1 aromatic rings. The summed E-state index contributed by atoms with van der Waals surface area (Å²) in [5.41, 5.74) is 2.43. The maximum atomic E-state index is 6.04. The van der Waals surface area contributed by atoms with Gasteiger partial charge in [0.05, 0.1) is 5.38 Å². The summed E-state index contributed by atoms with van der Waals surface area (Å²) in [6, 6.07) is 6.09. The minimum atomic E-state index is 0.0154. The van der Waals surface area contributed by atoms with Crippen molar-refractivity contribution in [2.45, 2.75) is 37.9 Å². The maximum Gasteiger partial charge on any atom is 0.128 e. The first-order valence-electron chi connectivity index (χ1n) is 5.53. The predicted molar refractivity (Wildman–Crippen MR) is 65.4 cm³/mol. The fraction of sp³-hybridized carbons (Fsp3) is 0.538. The van der Waals surface area contributed by atoms with Crippen molar-refractivity contribution < 1.29 is 9.47 Å². The molecule has 0 aromatic heterocycles. The summed E-state index contributed by atoms with van der Waals surface area (Å²) in [4.78, 5) is 0. The molecule has 3 atom stereocenters. The second kappa shape index (κ2) is 4.64. The van der Waals surface area contributed by atoms with Crippen molar-refractivity contribution in [1.29, 1.82) is 0 Å². The van der Waals surface area contributed by atoms with E-state index in [1.165, 1.54) is 11.1 Å². The zero-order valence-electron chi connectivity index (χ0n) is 9.87. The van der Waals surface area contributed by atoms with E-state index in [2.05, 4.69) is 19.9 Å². The zero-order chi connectivity index (χ0) is 11.7. The van der Waals surface area contributed by atoms with Crippen LogP contribution >= 0.6 is 11.6 Å². The molecular weight excluding hydrogens is 224 g/mol. The Balaban J connectivity index is 2.07. The first-order valence-corrected chi connectivity index (χ1v) is 5.97. The SMILES string of the molecule is COC1C(Cl)CC1Oc1cccc(C)c1C. The second-order valence-corrected chi connectivity index (χ2v) is 4.87. The molecule has 1 aliphatic carbocycles. The highest BCUT2D eigenvalue weighted by molar-refractivity contribution is 6.21. The van der Waals surface area contributed by atoms with Crippen LogP contribution < -0.4 is 4.74 Å². The van der Waals surface area contributed by atoms with E-state index in [4.69, 9.17) is 21.1 Å². The lowest BCUT2D eigenvalue weighted by Crippen LogP contribution is -2.52. The quantitative estimate of drug-likeness (QED) is 0.756. The lowest BCUT2D eigenvalue weighted by atomic mass is 9.91. The Kier molecular flexibility index (Phi) is 3.41. The monoisotopic (exact) mass is 240 g/mol. The van der Waals surface area contributed by atoms with Gasteiger partial charge in [0.2, 0.25) is 0 Å². The first kappa shape index (κ1) is 11.7. The molecule has 0 N–H and O–H groups in total. The van der Waals surface area contributed by atoms with Crippen LogP contribution in [0.3, 0.4) is 0 Å². The fourth-order valence-electron chi connectivity index (χ4n) is 1.96. The molecule has 2 nitrogen and oxygen atoms in total. The van der Waals surface area contributed by atoms with Crippen LogP contribution in [0, 0.1) is 13.8 Å². The summed E-state index contributed by atoms with van der Waals surface area (Å²) >= 11 is 6.04. The number of benzene rings is 1. The number of methoxy groups -OCH3 is 1. The standard InChI is InChI=1S/C13H17ClO2/c1-8-5-4-6-11(9(8)2)16-12-7-10(14)13(12)15-3/h4-6,10,12-13H,7H2,1-3H3. The Morgan fingerprint density at radius 1 is 1.31 bits per heavy atom. The Morgan fingerprint density at radius 2 is 2.06 bits per heavy atom. The number of halogens is 1. The smallest absolute Gasteiger partial charge is 0.128 e. The highest BCUT2D eigenvalue weighted by Gasteiger charge is 2.42. The topological polar surface area (TPSA) is 18.5 Å². The molecule has 0 spiro atoms. The molecule has 1 saturated carbocycles. The van der Waals surface area contributed by atoms with Gasteiger partial charge in [0.25, 0.3) is 0 Å². The van der Waals surface area contributed by atoms with Gasteiger partial charge >= 0.3 is 0 Å². The third kappa shape index (κ3) is 2.04. The summed E-state index contributed by atoms with van der Waals surface area (Å²) < 4.78 is 11.2. The highest BCUT2D eigenvalue weighted by Crippen LogP contribution is 2.33. The van der Waals surface area contributed by atoms with Gasteiger partial charge in [-0.25, -0.2) is 0 Å². The van der Waals surface area contributed by atoms with Crippen molar-refractivity contribution in [2.24, 2.45) is 0 Å². The van der Waals surface area contributed by atoms with E-state index in [-0.39, 0.29) is 17.6 Å². The second-order valence-electron chi connectivity index (χ2n) is 4.31. The van der Waals surface area contributed by atoms with Crippen LogP contribution in [0.2, 0.25) is 0 Å². The minimum Gasteiger partial charge on any atom is -0.487 e. The lowest BCUT2D eigenvalue weighted by Gasteiger charge is -2.40. The number of aryl methyl sites for hydroxylation is 1. The molecular formula is C13H17ClO2. The average Bonchev–Trinajstić information content (AvgIpc) is 2.24. The fourth-order valence-corrected chi connectivity index (χ4v) is 2.40. The first-order chi connectivity index (χ1) is 7.63. The minimum absolute atomic E-state index is 0.0154. The van der Waals surface area contributed by atoms with Crippen LogP contribution in [0.5, 0.6) is 5.75 Å². The summed E-state index contributed by atoms with van der Waals surface area (Å²) in [5.74, 6) is 0.940. The molecule has 0 bridgehead atoms. The van der Waals surface area contributed by atoms with Crippen LogP contribution in [0.4, 0.5) is 0 Å². The van der Waals surface area contributed by atoms with E-state index in [0.717, 1.165) is 12.2 Å². The molecule has 0 radical (unpaired) electrons. The number of rotatable bonds is 3.